The van der Waals surface area contributed by atoms with Crippen LogP contribution in [0.4, 0.5) is 0 Å². The Hall–Kier alpha value is -1.39. The van der Waals surface area contributed by atoms with Gasteiger partial charge in [-0.15, -0.1) is 0 Å². The highest BCUT2D eigenvalue weighted by atomic mass is 16.4. The SMILES string of the molecule is CC(CCC(=O)O)C(=O)C(=O)O. The van der Waals surface area contributed by atoms with E-state index in [1.807, 2.05) is 0 Å². The zero-order valence-corrected chi connectivity index (χ0v) is 6.61. The molecule has 0 bridgehead atoms. The fourth-order valence-corrected chi connectivity index (χ4v) is 0.682. The molecule has 0 rings (SSSR count). The van der Waals surface area contributed by atoms with Crippen LogP contribution in [0, 0.1) is 5.92 Å². The molecule has 0 saturated carbocycles. The average Bonchev–Trinajstić information content (AvgIpc) is 1.98. The first kappa shape index (κ1) is 10.6. The van der Waals surface area contributed by atoms with Gasteiger partial charge in [0.15, 0.2) is 0 Å². The maximum absolute atomic E-state index is 10.7. The molecule has 2 N–H and O–H groups in total. The highest BCUT2D eigenvalue weighted by Crippen LogP contribution is 2.06. The van der Waals surface area contributed by atoms with Crippen molar-refractivity contribution in [2.24, 2.45) is 5.92 Å². The number of Topliss-reactive ketones (excluding diaryl/α,β-unsaturated/α-hetero) is 1. The van der Waals surface area contributed by atoms with Crippen LogP contribution in [0.3, 0.4) is 0 Å². The van der Waals surface area contributed by atoms with Gasteiger partial charge < -0.3 is 10.2 Å². The number of ketones is 1. The number of carbonyl (C=O) groups is 3. The second-order valence-corrected chi connectivity index (χ2v) is 2.50. The zero-order valence-electron chi connectivity index (χ0n) is 6.61. The third-order valence-corrected chi connectivity index (χ3v) is 1.45. The smallest absolute Gasteiger partial charge is 0.372 e. The summed E-state index contributed by atoms with van der Waals surface area (Å²) in [5.74, 6) is -4.19. The van der Waals surface area contributed by atoms with Crippen LogP contribution >= 0.6 is 0 Å². The molecule has 0 aliphatic heterocycles. The van der Waals surface area contributed by atoms with Crippen molar-refractivity contribution >= 4 is 17.7 Å². The van der Waals surface area contributed by atoms with Gasteiger partial charge in [-0.25, -0.2) is 4.79 Å². The van der Waals surface area contributed by atoms with E-state index in [0.717, 1.165) is 0 Å². The van der Waals surface area contributed by atoms with Gasteiger partial charge in [-0.3, -0.25) is 9.59 Å². The topological polar surface area (TPSA) is 91.7 Å². The summed E-state index contributed by atoms with van der Waals surface area (Å²) < 4.78 is 0. The molecule has 0 aliphatic rings. The Labute approximate surface area is 69.0 Å². The van der Waals surface area contributed by atoms with Gasteiger partial charge in [0.1, 0.15) is 0 Å². The average molecular weight is 174 g/mol. The highest BCUT2D eigenvalue weighted by molar-refractivity contribution is 6.33. The maximum atomic E-state index is 10.7. The first-order valence-electron chi connectivity index (χ1n) is 3.44. The fraction of sp³-hybridized carbons (Fsp3) is 0.571. The molecule has 0 spiro atoms. The molecule has 0 aromatic rings. The summed E-state index contributed by atoms with van der Waals surface area (Å²) in [5.41, 5.74) is 0. The standard InChI is InChI=1S/C7H10O5/c1-4(2-3-5(8)9)6(10)7(11)12/h4H,2-3H2,1H3,(H,8,9)(H,11,12). The van der Waals surface area contributed by atoms with Gasteiger partial charge in [0.05, 0.1) is 0 Å². The molecule has 0 aromatic carbocycles. The molecular formula is C7H10O5. The summed E-state index contributed by atoms with van der Waals surface area (Å²) in [6.07, 6.45) is -0.110. The fourth-order valence-electron chi connectivity index (χ4n) is 0.682. The van der Waals surface area contributed by atoms with E-state index >= 15 is 0 Å². The number of carbonyl (C=O) groups excluding carboxylic acids is 1. The summed E-state index contributed by atoms with van der Waals surface area (Å²) in [7, 11) is 0. The minimum absolute atomic E-state index is 0.0699. The number of carboxylic acids is 2. The molecule has 0 heterocycles. The van der Waals surface area contributed by atoms with Crippen LogP contribution in [0.2, 0.25) is 0 Å². The molecule has 5 nitrogen and oxygen atoms in total. The van der Waals surface area contributed by atoms with Gasteiger partial charge >= 0.3 is 11.9 Å². The first-order chi connectivity index (χ1) is 5.45. The minimum Gasteiger partial charge on any atom is -0.481 e. The van der Waals surface area contributed by atoms with E-state index in [9.17, 15) is 14.4 Å². The number of hydrogen-bond acceptors (Lipinski definition) is 3. The minimum atomic E-state index is -1.51. The lowest BCUT2D eigenvalue weighted by molar-refractivity contribution is -0.151. The Morgan fingerprint density at radius 1 is 1.25 bits per heavy atom. The summed E-state index contributed by atoms with van der Waals surface area (Å²) >= 11 is 0. The Morgan fingerprint density at radius 2 is 1.75 bits per heavy atom. The van der Waals surface area contributed by atoms with Crippen LogP contribution in [0.5, 0.6) is 0 Å². The van der Waals surface area contributed by atoms with E-state index in [4.69, 9.17) is 10.2 Å². The first-order valence-corrected chi connectivity index (χ1v) is 3.44. The van der Waals surface area contributed by atoms with Crippen LogP contribution in [0.1, 0.15) is 19.8 Å². The van der Waals surface area contributed by atoms with E-state index < -0.39 is 23.6 Å². The lowest BCUT2D eigenvalue weighted by Crippen LogP contribution is -2.21. The normalized spacial score (nSPS) is 12.1. The zero-order chi connectivity index (χ0) is 9.72. The molecule has 1 unspecified atom stereocenters. The molecular weight excluding hydrogens is 164 g/mol. The molecule has 5 heteroatoms. The Bertz CT molecular complexity index is 208. The summed E-state index contributed by atoms with van der Waals surface area (Å²) in [5, 5.41) is 16.4. The van der Waals surface area contributed by atoms with Crippen LogP contribution in [0.25, 0.3) is 0 Å². The number of aliphatic carboxylic acids is 2. The second kappa shape index (κ2) is 4.48. The highest BCUT2D eigenvalue weighted by Gasteiger charge is 2.20. The molecule has 0 saturated heterocycles. The van der Waals surface area contributed by atoms with Crippen molar-refractivity contribution in [1.29, 1.82) is 0 Å². The lowest BCUT2D eigenvalue weighted by Gasteiger charge is -2.03. The summed E-state index contributed by atoms with van der Waals surface area (Å²) in [6.45, 7) is 1.40. The summed E-state index contributed by atoms with van der Waals surface area (Å²) in [4.78, 5) is 30.8. The van der Waals surface area contributed by atoms with Gasteiger partial charge in [-0.05, 0) is 6.42 Å². The Kier molecular flexibility index (Phi) is 3.96. The van der Waals surface area contributed by atoms with Crippen molar-refractivity contribution in [3.8, 4) is 0 Å². The molecule has 0 aromatic heterocycles. The lowest BCUT2D eigenvalue weighted by atomic mass is 10.0. The van der Waals surface area contributed by atoms with Gasteiger partial charge in [0, 0.05) is 12.3 Å². The monoisotopic (exact) mass is 174 g/mol. The van der Waals surface area contributed by atoms with Crippen molar-refractivity contribution in [1.82, 2.24) is 0 Å². The van der Waals surface area contributed by atoms with Crippen molar-refractivity contribution in [2.75, 3.05) is 0 Å². The van der Waals surface area contributed by atoms with Crippen molar-refractivity contribution in [2.45, 2.75) is 19.8 Å². The van der Waals surface area contributed by atoms with Crippen molar-refractivity contribution in [3.05, 3.63) is 0 Å². The molecule has 0 fully saturated rings. The summed E-state index contributed by atoms with van der Waals surface area (Å²) in [6, 6.07) is 0. The van der Waals surface area contributed by atoms with Crippen molar-refractivity contribution < 1.29 is 24.6 Å². The molecule has 68 valence electrons. The van der Waals surface area contributed by atoms with Gasteiger partial charge in [0.2, 0.25) is 5.78 Å². The Morgan fingerprint density at radius 3 is 2.08 bits per heavy atom. The van der Waals surface area contributed by atoms with E-state index in [1.165, 1.54) is 6.92 Å². The van der Waals surface area contributed by atoms with Crippen LogP contribution < -0.4 is 0 Å². The van der Waals surface area contributed by atoms with Crippen molar-refractivity contribution in [3.63, 3.8) is 0 Å². The van der Waals surface area contributed by atoms with Gasteiger partial charge in [0.25, 0.3) is 0 Å². The van der Waals surface area contributed by atoms with Gasteiger partial charge in [-0.2, -0.15) is 0 Å². The number of hydrogen-bond donors (Lipinski definition) is 2. The molecule has 0 aliphatic carbocycles. The number of rotatable bonds is 5. The maximum Gasteiger partial charge on any atom is 0.372 e. The predicted octanol–water partition coefficient (Wildman–Crippen LogP) is 0.141. The largest absolute Gasteiger partial charge is 0.481 e. The van der Waals surface area contributed by atoms with E-state index in [-0.39, 0.29) is 12.8 Å². The third kappa shape index (κ3) is 3.70. The quantitative estimate of drug-likeness (QED) is 0.578. The van der Waals surface area contributed by atoms with Crippen LogP contribution in [-0.2, 0) is 14.4 Å². The molecule has 0 radical (unpaired) electrons. The predicted molar refractivity (Wildman–Crippen MR) is 38.7 cm³/mol. The van der Waals surface area contributed by atoms with E-state index in [2.05, 4.69) is 0 Å². The number of carboxylic acid groups (broad SMARTS) is 2. The second-order valence-electron chi connectivity index (χ2n) is 2.50. The van der Waals surface area contributed by atoms with E-state index in [1.54, 1.807) is 0 Å². The molecule has 0 amide bonds. The van der Waals surface area contributed by atoms with Gasteiger partial charge in [-0.1, -0.05) is 6.92 Å². The third-order valence-electron chi connectivity index (χ3n) is 1.45. The molecule has 1 atom stereocenters. The molecule has 12 heavy (non-hydrogen) atoms. The van der Waals surface area contributed by atoms with Crippen LogP contribution in [-0.4, -0.2) is 27.9 Å². The Balaban J connectivity index is 3.87. The van der Waals surface area contributed by atoms with E-state index in [0.29, 0.717) is 0 Å². The van der Waals surface area contributed by atoms with Crippen LogP contribution in [0.15, 0.2) is 0 Å².